The lowest BCUT2D eigenvalue weighted by molar-refractivity contribution is 0.180. The fraction of sp³-hybridized carbons (Fsp3) is 0.667. The van der Waals surface area contributed by atoms with Gasteiger partial charge in [-0.05, 0) is 38.7 Å². The van der Waals surface area contributed by atoms with E-state index < -0.39 is 10.0 Å². The number of nitrogens with zero attached hydrogens (tertiary/aromatic N) is 2. The van der Waals surface area contributed by atoms with Crippen LogP contribution in [0.4, 0.5) is 0 Å². The molecule has 1 unspecified atom stereocenters. The molecule has 0 radical (unpaired) electrons. The fourth-order valence-corrected chi connectivity index (χ4v) is 4.75. The van der Waals surface area contributed by atoms with Gasteiger partial charge in [0.1, 0.15) is 5.75 Å². The van der Waals surface area contributed by atoms with E-state index in [2.05, 4.69) is 4.98 Å². The molecule has 3 rings (SSSR count). The highest BCUT2D eigenvalue weighted by molar-refractivity contribution is 7.90. The highest BCUT2D eigenvalue weighted by atomic mass is 32.2. The Morgan fingerprint density at radius 3 is 2.90 bits per heavy atom. The Kier molecular flexibility index (Phi) is 4.17. The predicted molar refractivity (Wildman–Crippen MR) is 80.7 cm³/mol. The number of pyridine rings is 1. The molecule has 1 aliphatic carbocycles. The monoisotopic (exact) mass is 310 g/mol. The van der Waals surface area contributed by atoms with E-state index in [0.717, 1.165) is 37.1 Å². The molecule has 0 spiro atoms. The van der Waals surface area contributed by atoms with Crippen molar-refractivity contribution in [1.29, 1.82) is 0 Å². The van der Waals surface area contributed by atoms with Crippen LogP contribution < -0.4 is 4.74 Å². The lowest BCUT2D eigenvalue weighted by Crippen LogP contribution is -2.43. The number of hydrogen-bond donors (Lipinski definition) is 0. The van der Waals surface area contributed by atoms with Gasteiger partial charge in [-0.3, -0.25) is 4.98 Å². The number of hydrogen-bond acceptors (Lipinski definition) is 4. The predicted octanol–water partition coefficient (Wildman–Crippen LogP) is 1.97. The summed E-state index contributed by atoms with van der Waals surface area (Å²) in [5, 5.41) is -0.111. The molecule has 1 saturated heterocycles. The van der Waals surface area contributed by atoms with Gasteiger partial charge in [0, 0.05) is 37.0 Å². The topological polar surface area (TPSA) is 59.5 Å². The summed E-state index contributed by atoms with van der Waals surface area (Å²) in [6, 6.07) is 3.75. The van der Waals surface area contributed by atoms with Gasteiger partial charge in [-0.15, -0.1) is 0 Å². The van der Waals surface area contributed by atoms with Crippen LogP contribution in [0, 0.1) is 12.8 Å². The van der Waals surface area contributed by atoms with E-state index >= 15 is 0 Å². The van der Waals surface area contributed by atoms with Crippen molar-refractivity contribution in [2.75, 3.05) is 19.7 Å². The van der Waals surface area contributed by atoms with Gasteiger partial charge in [0.15, 0.2) is 0 Å². The largest absolute Gasteiger partial charge is 0.493 e. The van der Waals surface area contributed by atoms with Crippen molar-refractivity contribution in [2.45, 2.75) is 37.9 Å². The zero-order valence-corrected chi connectivity index (χ0v) is 13.2. The standard InChI is InChI=1S/C15H22N2O3S/c1-12-9-14(6-7-16-12)20-11-13-3-2-8-17(10-13)21(18,19)15-4-5-15/h6-7,9,13,15H,2-5,8,10-11H2,1H3. The lowest BCUT2D eigenvalue weighted by atomic mass is 10.0. The molecule has 1 atom stereocenters. The summed E-state index contributed by atoms with van der Waals surface area (Å²) in [6.45, 7) is 3.77. The van der Waals surface area contributed by atoms with E-state index in [1.807, 2.05) is 19.1 Å². The van der Waals surface area contributed by atoms with Crippen molar-refractivity contribution < 1.29 is 13.2 Å². The summed E-state index contributed by atoms with van der Waals surface area (Å²) >= 11 is 0. The van der Waals surface area contributed by atoms with Crippen molar-refractivity contribution in [2.24, 2.45) is 5.92 Å². The summed E-state index contributed by atoms with van der Waals surface area (Å²) in [5.41, 5.74) is 0.925. The van der Waals surface area contributed by atoms with E-state index in [1.165, 1.54) is 0 Å². The van der Waals surface area contributed by atoms with Crippen molar-refractivity contribution in [3.63, 3.8) is 0 Å². The molecule has 5 nitrogen and oxygen atoms in total. The van der Waals surface area contributed by atoms with Crippen LogP contribution in [0.15, 0.2) is 18.3 Å². The molecule has 0 bridgehead atoms. The number of ether oxygens (including phenoxy) is 1. The van der Waals surface area contributed by atoms with Crippen LogP contribution in [0.5, 0.6) is 5.75 Å². The number of rotatable bonds is 5. The van der Waals surface area contributed by atoms with Crippen molar-refractivity contribution in [1.82, 2.24) is 9.29 Å². The number of piperidine rings is 1. The highest BCUT2D eigenvalue weighted by Gasteiger charge is 2.41. The maximum absolute atomic E-state index is 12.3. The minimum absolute atomic E-state index is 0.111. The molecule has 6 heteroatoms. The van der Waals surface area contributed by atoms with Crippen LogP contribution in [-0.4, -0.2) is 42.7 Å². The third-order valence-corrected chi connectivity index (χ3v) is 6.51. The average molecular weight is 310 g/mol. The molecule has 1 aliphatic heterocycles. The molecule has 2 heterocycles. The maximum atomic E-state index is 12.3. The van der Waals surface area contributed by atoms with Crippen molar-refractivity contribution >= 4 is 10.0 Å². The Bertz CT molecular complexity index is 599. The van der Waals surface area contributed by atoms with Gasteiger partial charge >= 0.3 is 0 Å². The molecule has 116 valence electrons. The zero-order chi connectivity index (χ0) is 14.9. The van der Waals surface area contributed by atoms with E-state index in [-0.39, 0.29) is 11.2 Å². The van der Waals surface area contributed by atoms with Crippen LogP contribution in [0.25, 0.3) is 0 Å². The lowest BCUT2D eigenvalue weighted by Gasteiger charge is -2.31. The van der Waals surface area contributed by atoms with Crippen LogP contribution in [0.2, 0.25) is 0 Å². The summed E-state index contributed by atoms with van der Waals surface area (Å²) < 4.78 is 32.1. The summed E-state index contributed by atoms with van der Waals surface area (Å²) in [4.78, 5) is 4.14. The Hall–Kier alpha value is -1.14. The molecule has 21 heavy (non-hydrogen) atoms. The molecule has 2 aliphatic rings. The quantitative estimate of drug-likeness (QED) is 0.834. The minimum atomic E-state index is -3.04. The second kappa shape index (κ2) is 5.93. The minimum Gasteiger partial charge on any atom is -0.493 e. The van der Waals surface area contributed by atoms with E-state index in [1.54, 1.807) is 10.5 Å². The van der Waals surface area contributed by atoms with Crippen LogP contribution in [0.1, 0.15) is 31.4 Å². The third-order valence-electron chi connectivity index (χ3n) is 4.14. The highest BCUT2D eigenvalue weighted by Crippen LogP contribution is 2.33. The maximum Gasteiger partial charge on any atom is 0.216 e. The van der Waals surface area contributed by atoms with Crippen LogP contribution >= 0.6 is 0 Å². The molecule has 0 N–H and O–H groups in total. The molecule has 0 amide bonds. The first-order valence-corrected chi connectivity index (χ1v) is 9.10. The van der Waals surface area contributed by atoms with Gasteiger partial charge in [0.2, 0.25) is 10.0 Å². The Labute approximate surface area is 126 Å². The second-order valence-electron chi connectivity index (χ2n) is 6.05. The first-order valence-electron chi connectivity index (χ1n) is 7.60. The summed E-state index contributed by atoms with van der Waals surface area (Å²) in [5.74, 6) is 1.09. The van der Waals surface area contributed by atoms with Crippen LogP contribution in [0.3, 0.4) is 0 Å². The Morgan fingerprint density at radius 2 is 2.19 bits per heavy atom. The van der Waals surface area contributed by atoms with Crippen molar-refractivity contribution in [3.8, 4) is 5.75 Å². The molecule has 1 aromatic heterocycles. The normalized spacial score (nSPS) is 24.0. The smallest absolute Gasteiger partial charge is 0.216 e. The summed E-state index contributed by atoms with van der Waals surface area (Å²) in [7, 11) is -3.04. The first-order chi connectivity index (χ1) is 10.1. The van der Waals surface area contributed by atoms with Gasteiger partial charge in [-0.1, -0.05) is 0 Å². The van der Waals surface area contributed by atoms with Gasteiger partial charge in [-0.25, -0.2) is 12.7 Å². The number of aryl methyl sites for hydroxylation is 1. The molecule has 2 fully saturated rings. The van der Waals surface area contributed by atoms with Gasteiger partial charge in [0.25, 0.3) is 0 Å². The van der Waals surface area contributed by atoms with E-state index in [4.69, 9.17) is 4.74 Å². The first kappa shape index (κ1) is 14.8. The Morgan fingerprint density at radius 1 is 1.38 bits per heavy atom. The SMILES string of the molecule is Cc1cc(OCC2CCCN(S(=O)(=O)C3CC3)C2)ccn1. The van der Waals surface area contributed by atoms with E-state index in [0.29, 0.717) is 19.7 Å². The average Bonchev–Trinajstić information content (AvgIpc) is 3.31. The number of sulfonamides is 1. The van der Waals surface area contributed by atoms with Gasteiger partial charge in [0.05, 0.1) is 11.9 Å². The van der Waals surface area contributed by atoms with Gasteiger partial charge < -0.3 is 4.74 Å². The second-order valence-corrected chi connectivity index (χ2v) is 8.27. The van der Waals surface area contributed by atoms with Crippen molar-refractivity contribution in [3.05, 3.63) is 24.0 Å². The van der Waals surface area contributed by atoms with E-state index in [9.17, 15) is 8.42 Å². The fourth-order valence-electron chi connectivity index (χ4n) is 2.79. The molecule has 0 aromatic carbocycles. The molecular formula is C15H22N2O3S. The molecular weight excluding hydrogens is 288 g/mol. The molecule has 1 aromatic rings. The zero-order valence-electron chi connectivity index (χ0n) is 12.4. The van der Waals surface area contributed by atoms with Crippen LogP contribution in [-0.2, 0) is 10.0 Å². The van der Waals surface area contributed by atoms with Gasteiger partial charge in [-0.2, -0.15) is 0 Å². The Balaban J connectivity index is 1.56. The number of aromatic nitrogens is 1. The summed E-state index contributed by atoms with van der Waals surface area (Å²) in [6.07, 6.45) is 5.35. The molecule has 1 saturated carbocycles. The third kappa shape index (κ3) is 3.55.